The second-order valence-electron chi connectivity index (χ2n) is 5.97. The number of hydrogen-bond donors (Lipinski definition) is 1. The first-order valence-electron chi connectivity index (χ1n) is 7.75. The highest BCUT2D eigenvalue weighted by molar-refractivity contribution is 5.80. The van der Waals surface area contributed by atoms with Gasteiger partial charge in [-0.15, -0.1) is 5.10 Å². The van der Waals surface area contributed by atoms with Gasteiger partial charge in [-0.3, -0.25) is 9.36 Å². The lowest BCUT2D eigenvalue weighted by Gasteiger charge is -2.03. The van der Waals surface area contributed by atoms with Gasteiger partial charge in [-0.25, -0.2) is 9.48 Å². The highest BCUT2D eigenvalue weighted by atomic mass is 16.3. The summed E-state index contributed by atoms with van der Waals surface area (Å²) >= 11 is 0. The quantitative estimate of drug-likeness (QED) is 0.868. The Bertz CT molecular complexity index is 735. The Morgan fingerprint density at radius 1 is 1.36 bits per heavy atom. The Morgan fingerprint density at radius 3 is 2.82 bits per heavy atom. The molecule has 22 heavy (non-hydrogen) atoms. The molecule has 1 N–H and O–H groups in total. The van der Waals surface area contributed by atoms with Crippen LogP contribution in [-0.2, 0) is 11.3 Å². The van der Waals surface area contributed by atoms with Gasteiger partial charge in [0.2, 0.25) is 11.7 Å². The van der Waals surface area contributed by atoms with Crippen LogP contribution in [0.15, 0.2) is 27.6 Å². The molecule has 0 aliphatic heterocycles. The predicted octanol–water partition coefficient (Wildman–Crippen LogP) is 1.17. The molecule has 2 aliphatic carbocycles. The van der Waals surface area contributed by atoms with Crippen molar-refractivity contribution in [1.29, 1.82) is 0 Å². The SMILES string of the molecule is O=C(NCCn1nc(-c2ccco2)n(C2CC2)c1=O)C1CC1. The Hall–Kier alpha value is -2.31. The van der Waals surface area contributed by atoms with Crippen molar-refractivity contribution >= 4 is 5.91 Å². The van der Waals surface area contributed by atoms with Crippen molar-refractivity contribution in [3.63, 3.8) is 0 Å². The third-order valence-corrected chi connectivity index (χ3v) is 4.10. The van der Waals surface area contributed by atoms with E-state index in [1.807, 2.05) is 0 Å². The molecule has 7 heteroatoms. The molecule has 0 spiro atoms. The van der Waals surface area contributed by atoms with E-state index in [2.05, 4.69) is 10.4 Å². The number of carbonyl (C=O) groups excluding carboxylic acids is 1. The van der Waals surface area contributed by atoms with Crippen molar-refractivity contribution in [1.82, 2.24) is 19.7 Å². The van der Waals surface area contributed by atoms with Crippen molar-refractivity contribution < 1.29 is 9.21 Å². The van der Waals surface area contributed by atoms with E-state index in [1.54, 1.807) is 23.0 Å². The summed E-state index contributed by atoms with van der Waals surface area (Å²) in [7, 11) is 0. The standard InChI is InChI=1S/C15H18N4O3/c20-14(10-3-4-10)16-7-8-18-15(21)19(11-5-6-11)13(17-18)12-2-1-9-22-12/h1-2,9-11H,3-8H2,(H,16,20). The van der Waals surface area contributed by atoms with Gasteiger partial charge >= 0.3 is 5.69 Å². The molecule has 2 aliphatic rings. The largest absolute Gasteiger partial charge is 0.461 e. The number of aromatic nitrogens is 3. The highest BCUT2D eigenvalue weighted by Gasteiger charge is 2.31. The summed E-state index contributed by atoms with van der Waals surface area (Å²) in [5.41, 5.74) is -0.130. The number of furan rings is 1. The Kier molecular flexibility index (Phi) is 3.13. The molecule has 2 saturated carbocycles. The minimum Gasteiger partial charge on any atom is -0.461 e. The molecule has 2 fully saturated rings. The van der Waals surface area contributed by atoms with Crippen LogP contribution in [0.4, 0.5) is 0 Å². The molecular formula is C15H18N4O3. The number of amides is 1. The van der Waals surface area contributed by atoms with E-state index < -0.39 is 0 Å². The van der Waals surface area contributed by atoms with E-state index in [0.717, 1.165) is 25.7 Å². The van der Waals surface area contributed by atoms with Crippen LogP contribution < -0.4 is 11.0 Å². The van der Waals surface area contributed by atoms with Gasteiger partial charge < -0.3 is 9.73 Å². The van der Waals surface area contributed by atoms with Crippen molar-refractivity contribution in [3.05, 3.63) is 28.9 Å². The van der Waals surface area contributed by atoms with Crippen LogP contribution in [0.25, 0.3) is 11.6 Å². The van der Waals surface area contributed by atoms with E-state index in [0.29, 0.717) is 24.7 Å². The smallest absolute Gasteiger partial charge is 0.346 e. The summed E-state index contributed by atoms with van der Waals surface area (Å²) in [6, 6.07) is 3.81. The Morgan fingerprint density at radius 2 is 2.18 bits per heavy atom. The van der Waals surface area contributed by atoms with Crippen LogP contribution in [0.1, 0.15) is 31.7 Å². The van der Waals surface area contributed by atoms with Crippen molar-refractivity contribution in [2.45, 2.75) is 38.3 Å². The Balaban J connectivity index is 1.53. The van der Waals surface area contributed by atoms with Crippen LogP contribution in [0, 0.1) is 5.92 Å². The zero-order valence-electron chi connectivity index (χ0n) is 12.2. The fourth-order valence-corrected chi connectivity index (χ4v) is 2.58. The van der Waals surface area contributed by atoms with Crippen LogP contribution in [0.5, 0.6) is 0 Å². The Labute approximate surface area is 126 Å². The first-order chi connectivity index (χ1) is 10.7. The molecule has 2 aromatic rings. The third-order valence-electron chi connectivity index (χ3n) is 4.10. The zero-order chi connectivity index (χ0) is 15.1. The first-order valence-corrected chi connectivity index (χ1v) is 7.75. The lowest BCUT2D eigenvalue weighted by Crippen LogP contribution is -2.32. The maximum Gasteiger partial charge on any atom is 0.346 e. The molecule has 2 heterocycles. The second-order valence-corrected chi connectivity index (χ2v) is 5.97. The molecule has 0 unspecified atom stereocenters. The van der Waals surface area contributed by atoms with E-state index in [9.17, 15) is 9.59 Å². The van der Waals surface area contributed by atoms with Gasteiger partial charge in [-0.2, -0.15) is 0 Å². The van der Waals surface area contributed by atoms with Crippen LogP contribution >= 0.6 is 0 Å². The number of rotatable bonds is 6. The normalized spacial score (nSPS) is 17.6. The summed E-state index contributed by atoms with van der Waals surface area (Å²) in [4.78, 5) is 24.1. The molecule has 0 bridgehead atoms. The molecule has 2 aromatic heterocycles. The van der Waals surface area contributed by atoms with Crippen molar-refractivity contribution in [2.75, 3.05) is 6.54 Å². The highest BCUT2D eigenvalue weighted by Crippen LogP contribution is 2.36. The number of carbonyl (C=O) groups is 1. The van der Waals surface area contributed by atoms with Gasteiger partial charge in [0.15, 0.2) is 5.76 Å². The molecule has 4 rings (SSSR count). The number of hydrogen-bond acceptors (Lipinski definition) is 4. The second kappa shape index (κ2) is 5.15. The van der Waals surface area contributed by atoms with Gasteiger partial charge in [0.1, 0.15) is 0 Å². The van der Waals surface area contributed by atoms with Gasteiger partial charge in [0.25, 0.3) is 0 Å². The minimum atomic E-state index is -0.130. The molecule has 0 radical (unpaired) electrons. The van der Waals surface area contributed by atoms with Crippen molar-refractivity contribution in [3.8, 4) is 11.6 Å². The van der Waals surface area contributed by atoms with E-state index in [-0.39, 0.29) is 23.6 Å². The fourth-order valence-electron chi connectivity index (χ4n) is 2.58. The molecular weight excluding hydrogens is 284 g/mol. The molecule has 116 valence electrons. The maximum absolute atomic E-state index is 12.5. The average molecular weight is 302 g/mol. The first kappa shape index (κ1) is 13.4. The zero-order valence-corrected chi connectivity index (χ0v) is 12.2. The van der Waals surface area contributed by atoms with Crippen LogP contribution in [0.3, 0.4) is 0 Å². The average Bonchev–Trinajstić information content (AvgIpc) is 3.44. The maximum atomic E-state index is 12.5. The summed E-state index contributed by atoms with van der Waals surface area (Å²) in [6.07, 6.45) is 5.52. The summed E-state index contributed by atoms with van der Waals surface area (Å²) in [5.74, 6) is 1.44. The lowest BCUT2D eigenvalue weighted by atomic mass is 10.4. The fraction of sp³-hybridized carbons (Fsp3) is 0.533. The van der Waals surface area contributed by atoms with Crippen molar-refractivity contribution in [2.24, 2.45) is 5.92 Å². The minimum absolute atomic E-state index is 0.0842. The summed E-state index contributed by atoms with van der Waals surface area (Å²) in [5, 5.41) is 7.25. The molecule has 0 saturated heterocycles. The van der Waals surface area contributed by atoms with Gasteiger partial charge in [0, 0.05) is 18.5 Å². The monoisotopic (exact) mass is 302 g/mol. The molecule has 0 aromatic carbocycles. The van der Waals surface area contributed by atoms with Gasteiger partial charge in [-0.05, 0) is 37.8 Å². The van der Waals surface area contributed by atoms with E-state index in [4.69, 9.17) is 4.42 Å². The van der Waals surface area contributed by atoms with Crippen LogP contribution in [-0.4, -0.2) is 26.8 Å². The molecule has 1 amide bonds. The topological polar surface area (TPSA) is 82.1 Å². The predicted molar refractivity (Wildman–Crippen MR) is 78.2 cm³/mol. The third kappa shape index (κ3) is 2.47. The van der Waals surface area contributed by atoms with E-state index in [1.165, 1.54) is 4.68 Å². The molecule has 7 nitrogen and oxygen atoms in total. The van der Waals surface area contributed by atoms with E-state index >= 15 is 0 Å². The van der Waals surface area contributed by atoms with Crippen LogP contribution in [0.2, 0.25) is 0 Å². The summed E-state index contributed by atoms with van der Waals surface area (Å²) < 4.78 is 8.51. The number of nitrogens with zero attached hydrogens (tertiary/aromatic N) is 3. The lowest BCUT2D eigenvalue weighted by molar-refractivity contribution is -0.122. The molecule has 0 atom stereocenters. The number of nitrogens with one attached hydrogen (secondary N) is 1. The van der Waals surface area contributed by atoms with Gasteiger partial charge in [-0.1, -0.05) is 0 Å². The van der Waals surface area contributed by atoms with Gasteiger partial charge in [0.05, 0.1) is 12.8 Å². The summed E-state index contributed by atoms with van der Waals surface area (Å²) in [6.45, 7) is 0.805.